The Hall–Kier alpha value is -1.78. The second-order valence-corrected chi connectivity index (χ2v) is 4.40. The van der Waals surface area contributed by atoms with Crippen molar-refractivity contribution in [3.8, 4) is 0 Å². The lowest BCUT2D eigenvalue weighted by Gasteiger charge is -2.20. The molecule has 0 bridgehead atoms. The third kappa shape index (κ3) is 2.72. The molecule has 0 unspecified atom stereocenters. The summed E-state index contributed by atoms with van der Waals surface area (Å²) in [5.41, 5.74) is 0.787. The van der Waals surface area contributed by atoms with Gasteiger partial charge in [-0.15, -0.1) is 0 Å². The van der Waals surface area contributed by atoms with E-state index >= 15 is 0 Å². The Balaban J connectivity index is 2.08. The number of aryl methyl sites for hydroxylation is 1. The molecule has 1 aliphatic carbocycles. The van der Waals surface area contributed by atoms with Crippen molar-refractivity contribution in [1.29, 1.82) is 0 Å². The first-order valence-corrected chi connectivity index (χ1v) is 6.14. The average Bonchev–Trinajstić information content (AvgIpc) is 3.08. The fraction of sp³-hybridized carbons (Fsp3) is 0.538. The molecule has 5 heteroatoms. The molecule has 1 amide bonds. The molecule has 1 saturated carbocycles. The van der Waals surface area contributed by atoms with Crippen LogP contribution in [-0.2, 0) is 9.53 Å². The topological polar surface area (TPSA) is 59.8 Å². The molecule has 1 aromatic rings. The number of nitrogens with zero attached hydrogens (tertiary/aromatic N) is 1. The van der Waals surface area contributed by atoms with E-state index in [4.69, 9.17) is 9.15 Å². The number of ether oxygens (including phenoxy) is 1. The predicted molar refractivity (Wildman–Crippen MR) is 64.1 cm³/mol. The number of esters is 1. The van der Waals surface area contributed by atoms with E-state index in [2.05, 4.69) is 0 Å². The highest BCUT2D eigenvalue weighted by Gasteiger charge is 2.36. The van der Waals surface area contributed by atoms with Gasteiger partial charge in [0.1, 0.15) is 6.54 Å². The summed E-state index contributed by atoms with van der Waals surface area (Å²) in [6, 6.07) is 1.88. The van der Waals surface area contributed by atoms with Crippen LogP contribution in [0.2, 0.25) is 0 Å². The number of hydrogen-bond acceptors (Lipinski definition) is 4. The smallest absolute Gasteiger partial charge is 0.325 e. The Morgan fingerprint density at radius 1 is 1.50 bits per heavy atom. The quantitative estimate of drug-likeness (QED) is 0.748. The van der Waals surface area contributed by atoms with E-state index in [0.29, 0.717) is 12.4 Å². The molecular formula is C13H17NO4. The zero-order valence-corrected chi connectivity index (χ0v) is 10.6. The molecule has 0 spiro atoms. The van der Waals surface area contributed by atoms with Crippen molar-refractivity contribution in [3.05, 3.63) is 23.7 Å². The molecular weight excluding hydrogens is 234 g/mol. The van der Waals surface area contributed by atoms with E-state index < -0.39 is 0 Å². The SMILES string of the molecule is CCOC(=O)CN(C(=O)c1occc1C)C1CC1. The zero-order chi connectivity index (χ0) is 13.1. The van der Waals surface area contributed by atoms with Gasteiger partial charge in [0, 0.05) is 11.6 Å². The zero-order valence-electron chi connectivity index (χ0n) is 10.6. The summed E-state index contributed by atoms with van der Waals surface area (Å²) in [6.07, 6.45) is 3.35. The number of amides is 1. The lowest BCUT2D eigenvalue weighted by atomic mass is 10.2. The van der Waals surface area contributed by atoms with E-state index in [1.165, 1.54) is 6.26 Å². The molecule has 0 atom stereocenters. The van der Waals surface area contributed by atoms with Crippen LogP contribution in [0, 0.1) is 6.92 Å². The van der Waals surface area contributed by atoms with Crippen molar-refractivity contribution in [2.75, 3.05) is 13.2 Å². The van der Waals surface area contributed by atoms with E-state index in [0.717, 1.165) is 18.4 Å². The van der Waals surface area contributed by atoms with E-state index in [1.807, 2.05) is 6.92 Å². The molecule has 18 heavy (non-hydrogen) atoms. The Morgan fingerprint density at radius 3 is 2.72 bits per heavy atom. The number of furan rings is 1. The van der Waals surface area contributed by atoms with E-state index in [9.17, 15) is 9.59 Å². The lowest BCUT2D eigenvalue weighted by Crippen LogP contribution is -2.38. The van der Waals surface area contributed by atoms with Crippen molar-refractivity contribution in [2.24, 2.45) is 0 Å². The molecule has 1 heterocycles. The fourth-order valence-corrected chi connectivity index (χ4v) is 1.82. The molecule has 1 fully saturated rings. The number of rotatable bonds is 5. The van der Waals surface area contributed by atoms with Gasteiger partial charge in [0.2, 0.25) is 0 Å². The lowest BCUT2D eigenvalue weighted by molar-refractivity contribution is -0.144. The van der Waals surface area contributed by atoms with Gasteiger partial charge in [-0.05, 0) is 32.8 Å². The van der Waals surface area contributed by atoms with Crippen LogP contribution in [0.25, 0.3) is 0 Å². The molecule has 5 nitrogen and oxygen atoms in total. The maximum absolute atomic E-state index is 12.3. The minimum atomic E-state index is -0.373. The van der Waals surface area contributed by atoms with Gasteiger partial charge in [-0.1, -0.05) is 0 Å². The molecule has 0 saturated heterocycles. The first-order chi connectivity index (χ1) is 8.63. The van der Waals surface area contributed by atoms with Crippen molar-refractivity contribution in [1.82, 2.24) is 4.90 Å². The fourth-order valence-electron chi connectivity index (χ4n) is 1.82. The minimum Gasteiger partial charge on any atom is -0.465 e. The summed E-state index contributed by atoms with van der Waals surface area (Å²) < 4.78 is 10.1. The van der Waals surface area contributed by atoms with Crippen LogP contribution in [0.4, 0.5) is 0 Å². The molecule has 0 aliphatic heterocycles. The van der Waals surface area contributed by atoms with Gasteiger partial charge in [-0.2, -0.15) is 0 Å². The van der Waals surface area contributed by atoms with Crippen molar-refractivity contribution in [2.45, 2.75) is 32.7 Å². The van der Waals surface area contributed by atoms with E-state index in [-0.39, 0.29) is 24.5 Å². The van der Waals surface area contributed by atoms with E-state index in [1.54, 1.807) is 17.9 Å². The Labute approximate surface area is 106 Å². The van der Waals surface area contributed by atoms with Gasteiger partial charge in [-0.25, -0.2) is 0 Å². The maximum Gasteiger partial charge on any atom is 0.325 e. The first kappa shape index (κ1) is 12.7. The molecule has 0 aromatic carbocycles. The average molecular weight is 251 g/mol. The molecule has 0 N–H and O–H groups in total. The van der Waals surface area contributed by atoms with Gasteiger partial charge >= 0.3 is 5.97 Å². The van der Waals surface area contributed by atoms with Gasteiger partial charge < -0.3 is 14.1 Å². The maximum atomic E-state index is 12.3. The van der Waals surface area contributed by atoms with Crippen LogP contribution in [0.1, 0.15) is 35.9 Å². The van der Waals surface area contributed by atoms with Crippen molar-refractivity contribution in [3.63, 3.8) is 0 Å². The summed E-state index contributed by atoms with van der Waals surface area (Å²) >= 11 is 0. The summed E-state index contributed by atoms with van der Waals surface area (Å²) in [4.78, 5) is 25.3. The van der Waals surface area contributed by atoms with Crippen LogP contribution in [0.5, 0.6) is 0 Å². The highest BCUT2D eigenvalue weighted by Crippen LogP contribution is 2.28. The first-order valence-electron chi connectivity index (χ1n) is 6.14. The predicted octanol–water partition coefficient (Wildman–Crippen LogP) is 1.76. The summed E-state index contributed by atoms with van der Waals surface area (Å²) in [6.45, 7) is 3.88. The van der Waals surface area contributed by atoms with Gasteiger partial charge in [0.25, 0.3) is 5.91 Å². The number of hydrogen-bond donors (Lipinski definition) is 0. The van der Waals surface area contributed by atoms with Crippen LogP contribution < -0.4 is 0 Å². The molecule has 0 radical (unpaired) electrons. The van der Waals surface area contributed by atoms with Crippen molar-refractivity contribution < 1.29 is 18.7 Å². The Kier molecular flexibility index (Phi) is 3.69. The third-order valence-corrected chi connectivity index (χ3v) is 2.91. The van der Waals surface area contributed by atoms with Crippen LogP contribution >= 0.6 is 0 Å². The number of carbonyl (C=O) groups excluding carboxylic acids is 2. The molecule has 98 valence electrons. The van der Waals surface area contributed by atoms with Crippen molar-refractivity contribution >= 4 is 11.9 Å². The highest BCUT2D eigenvalue weighted by atomic mass is 16.5. The minimum absolute atomic E-state index is 0.00250. The second kappa shape index (κ2) is 5.25. The standard InChI is InChI=1S/C13H17NO4/c1-3-17-11(15)8-14(10-4-5-10)13(16)12-9(2)6-7-18-12/h6-7,10H,3-5,8H2,1-2H3. The van der Waals surface area contributed by atoms with Crippen LogP contribution in [0.3, 0.4) is 0 Å². The molecule has 1 aromatic heterocycles. The summed E-state index contributed by atoms with van der Waals surface area (Å²) in [5, 5.41) is 0. The Bertz CT molecular complexity index is 448. The van der Waals surface area contributed by atoms with Gasteiger partial charge in [-0.3, -0.25) is 9.59 Å². The highest BCUT2D eigenvalue weighted by molar-refractivity contribution is 5.95. The number of carbonyl (C=O) groups is 2. The summed E-state index contributed by atoms with van der Waals surface area (Å²) in [5.74, 6) is -0.291. The van der Waals surface area contributed by atoms with Gasteiger partial charge in [0.05, 0.1) is 12.9 Å². The van der Waals surface area contributed by atoms with Gasteiger partial charge in [0.15, 0.2) is 5.76 Å². The normalized spacial score (nSPS) is 14.3. The molecule has 1 aliphatic rings. The Morgan fingerprint density at radius 2 is 2.22 bits per heavy atom. The summed E-state index contributed by atoms with van der Waals surface area (Å²) in [7, 11) is 0. The largest absolute Gasteiger partial charge is 0.465 e. The van der Waals surface area contributed by atoms with Crippen LogP contribution in [-0.4, -0.2) is 36.0 Å². The second-order valence-electron chi connectivity index (χ2n) is 4.40. The third-order valence-electron chi connectivity index (χ3n) is 2.91. The molecule has 2 rings (SSSR count). The van der Waals surface area contributed by atoms with Crippen LogP contribution in [0.15, 0.2) is 16.7 Å². The monoisotopic (exact) mass is 251 g/mol.